The third-order valence-electron chi connectivity index (χ3n) is 3.36. The smallest absolute Gasteiger partial charge is 0.356 e. The van der Waals surface area contributed by atoms with Crippen molar-refractivity contribution in [2.45, 2.75) is 26.8 Å². The molecule has 18 heavy (non-hydrogen) atoms. The lowest BCUT2D eigenvalue weighted by Gasteiger charge is -2.28. The Bertz CT molecular complexity index is 573. The molecule has 1 atom stereocenters. The van der Waals surface area contributed by atoms with Crippen LogP contribution in [0.25, 0.3) is 4.96 Å². The van der Waals surface area contributed by atoms with Crippen molar-refractivity contribution in [3.8, 4) is 0 Å². The summed E-state index contributed by atoms with van der Waals surface area (Å²) in [5.74, 6) is 0.0191. The molecular formula is C12H17N3O2S. The number of anilines is 1. The molecule has 2 heterocycles. The Morgan fingerprint density at radius 3 is 2.72 bits per heavy atom. The number of carbonyl (C=O) groups is 1. The summed E-state index contributed by atoms with van der Waals surface area (Å²) in [5, 5.41) is 11.2. The Kier molecular flexibility index (Phi) is 3.30. The summed E-state index contributed by atoms with van der Waals surface area (Å²) in [4.78, 5) is 18.5. The van der Waals surface area contributed by atoms with E-state index in [1.807, 2.05) is 17.3 Å². The van der Waals surface area contributed by atoms with Crippen molar-refractivity contribution in [2.75, 3.05) is 11.9 Å². The molecule has 0 bridgehead atoms. The second-order valence-electron chi connectivity index (χ2n) is 4.74. The molecule has 0 aliphatic carbocycles. The zero-order chi connectivity index (χ0) is 13.4. The molecule has 0 saturated heterocycles. The summed E-state index contributed by atoms with van der Waals surface area (Å²) in [5.41, 5.74) is 0.237. The van der Waals surface area contributed by atoms with E-state index >= 15 is 0 Å². The molecule has 0 aromatic carbocycles. The van der Waals surface area contributed by atoms with Gasteiger partial charge in [-0.15, -0.1) is 11.3 Å². The molecule has 0 amide bonds. The van der Waals surface area contributed by atoms with Crippen LogP contribution in [0.3, 0.4) is 0 Å². The number of thiazole rings is 1. The first kappa shape index (κ1) is 12.9. The summed E-state index contributed by atoms with van der Waals surface area (Å²) in [6.07, 6.45) is 1.74. The van der Waals surface area contributed by atoms with Crippen molar-refractivity contribution in [1.29, 1.82) is 0 Å². The predicted molar refractivity (Wildman–Crippen MR) is 72.7 cm³/mol. The lowest BCUT2D eigenvalue weighted by Crippen LogP contribution is -2.34. The van der Waals surface area contributed by atoms with Crippen molar-refractivity contribution < 1.29 is 9.90 Å². The number of fused-ring (bicyclic) bond motifs is 1. The Balaban J connectivity index is 2.53. The minimum absolute atomic E-state index is 0.229. The molecule has 5 nitrogen and oxygen atoms in total. The van der Waals surface area contributed by atoms with Gasteiger partial charge in [0.2, 0.25) is 0 Å². The number of carboxylic acid groups (broad SMARTS) is 1. The standard InChI is InChI=1S/C12H17N3O2S/c1-7(2)8(3)14(4)10-9(11(16)17)15-5-6-18-12(15)13-10/h5-8H,1-4H3,(H,16,17). The van der Waals surface area contributed by atoms with E-state index in [4.69, 9.17) is 0 Å². The zero-order valence-electron chi connectivity index (χ0n) is 10.9. The van der Waals surface area contributed by atoms with E-state index < -0.39 is 5.97 Å². The number of imidazole rings is 1. The number of hydrogen-bond acceptors (Lipinski definition) is 4. The molecule has 0 spiro atoms. The van der Waals surface area contributed by atoms with E-state index in [9.17, 15) is 9.90 Å². The van der Waals surface area contributed by atoms with Crippen LogP contribution in [0.4, 0.5) is 5.82 Å². The first-order valence-corrected chi connectivity index (χ1v) is 6.73. The van der Waals surface area contributed by atoms with Gasteiger partial charge in [0.05, 0.1) is 0 Å². The van der Waals surface area contributed by atoms with Gasteiger partial charge in [0.25, 0.3) is 0 Å². The molecule has 2 aromatic rings. The third kappa shape index (κ3) is 1.96. The average Bonchev–Trinajstić information content (AvgIpc) is 2.85. The highest BCUT2D eigenvalue weighted by Crippen LogP contribution is 2.26. The fourth-order valence-corrected chi connectivity index (χ4v) is 2.57. The van der Waals surface area contributed by atoms with Crippen molar-refractivity contribution >= 4 is 28.1 Å². The maximum absolute atomic E-state index is 11.4. The molecule has 2 rings (SSSR count). The van der Waals surface area contributed by atoms with E-state index in [0.717, 1.165) is 0 Å². The summed E-state index contributed by atoms with van der Waals surface area (Å²) in [6.45, 7) is 6.30. The Hall–Kier alpha value is -1.56. The molecule has 1 N–H and O–H groups in total. The van der Waals surface area contributed by atoms with Crippen LogP contribution in [0.1, 0.15) is 31.3 Å². The van der Waals surface area contributed by atoms with Crippen molar-refractivity contribution in [3.05, 3.63) is 17.3 Å². The minimum atomic E-state index is -0.946. The summed E-state index contributed by atoms with van der Waals surface area (Å²) < 4.78 is 1.63. The Labute approximate surface area is 110 Å². The van der Waals surface area contributed by atoms with Crippen molar-refractivity contribution in [2.24, 2.45) is 5.92 Å². The quantitative estimate of drug-likeness (QED) is 0.925. The molecule has 1 unspecified atom stereocenters. The van der Waals surface area contributed by atoms with Gasteiger partial charge >= 0.3 is 5.97 Å². The number of rotatable bonds is 4. The van der Waals surface area contributed by atoms with Crippen LogP contribution in [-0.2, 0) is 0 Å². The monoisotopic (exact) mass is 267 g/mol. The summed E-state index contributed by atoms with van der Waals surface area (Å²) in [7, 11) is 1.89. The second-order valence-corrected chi connectivity index (χ2v) is 5.61. The van der Waals surface area contributed by atoms with Crippen LogP contribution in [0.5, 0.6) is 0 Å². The molecule has 0 radical (unpaired) electrons. The maximum Gasteiger partial charge on any atom is 0.356 e. The molecule has 0 fully saturated rings. The van der Waals surface area contributed by atoms with E-state index in [-0.39, 0.29) is 11.7 Å². The normalized spacial score (nSPS) is 13.2. The molecule has 2 aromatic heterocycles. The number of carboxylic acids is 1. The van der Waals surface area contributed by atoms with E-state index in [1.54, 1.807) is 10.6 Å². The van der Waals surface area contributed by atoms with Crippen LogP contribution in [0, 0.1) is 5.92 Å². The van der Waals surface area contributed by atoms with Gasteiger partial charge in [0, 0.05) is 24.7 Å². The predicted octanol–water partition coefficient (Wildman–Crippen LogP) is 2.57. The van der Waals surface area contributed by atoms with Gasteiger partial charge in [0.15, 0.2) is 16.5 Å². The highest BCUT2D eigenvalue weighted by atomic mass is 32.1. The van der Waals surface area contributed by atoms with Gasteiger partial charge in [-0.05, 0) is 12.8 Å². The molecule has 0 aliphatic rings. The Morgan fingerprint density at radius 1 is 1.50 bits per heavy atom. The first-order valence-electron chi connectivity index (χ1n) is 5.85. The Morgan fingerprint density at radius 2 is 2.17 bits per heavy atom. The van der Waals surface area contributed by atoms with E-state index in [2.05, 4.69) is 25.8 Å². The van der Waals surface area contributed by atoms with Crippen LogP contribution < -0.4 is 4.90 Å². The van der Waals surface area contributed by atoms with Crippen molar-refractivity contribution in [3.63, 3.8) is 0 Å². The number of hydrogen-bond donors (Lipinski definition) is 1. The third-order valence-corrected chi connectivity index (χ3v) is 4.11. The molecule has 98 valence electrons. The lowest BCUT2D eigenvalue weighted by molar-refractivity contribution is 0.0690. The van der Waals surface area contributed by atoms with Crippen LogP contribution in [0.2, 0.25) is 0 Å². The van der Waals surface area contributed by atoms with Crippen LogP contribution in [-0.4, -0.2) is 33.6 Å². The highest BCUT2D eigenvalue weighted by molar-refractivity contribution is 7.15. The zero-order valence-corrected chi connectivity index (χ0v) is 11.7. The SMILES string of the molecule is CC(C)C(C)N(C)c1nc2sccn2c1C(=O)O. The van der Waals surface area contributed by atoms with E-state index in [0.29, 0.717) is 16.7 Å². The first-order chi connectivity index (χ1) is 8.43. The molecule has 0 aliphatic heterocycles. The summed E-state index contributed by atoms with van der Waals surface area (Å²) in [6, 6.07) is 0.229. The van der Waals surface area contributed by atoms with Crippen LogP contribution >= 0.6 is 11.3 Å². The van der Waals surface area contributed by atoms with Gasteiger partial charge in [-0.1, -0.05) is 13.8 Å². The molecule has 0 saturated carbocycles. The fourth-order valence-electron chi connectivity index (χ4n) is 1.86. The van der Waals surface area contributed by atoms with Crippen LogP contribution in [0.15, 0.2) is 11.6 Å². The average molecular weight is 267 g/mol. The van der Waals surface area contributed by atoms with Crippen molar-refractivity contribution in [1.82, 2.24) is 9.38 Å². The van der Waals surface area contributed by atoms with Gasteiger partial charge in [-0.25, -0.2) is 9.78 Å². The highest BCUT2D eigenvalue weighted by Gasteiger charge is 2.25. The maximum atomic E-state index is 11.4. The lowest BCUT2D eigenvalue weighted by atomic mass is 10.1. The summed E-state index contributed by atoms with van der Waals surface area (Å²) >= 11 is 1.44. The number of nitrogens with zero attached hydrogens (tertiary/aromatic N) is 3. The van der Waals surface area contributed by atoms with Gasteiger partial charge in [-0.3, -0.25) is 4.40 Å². The number of aromatic carboxylic acids is 1. The fraction of sp³-hybridized carbons (Fsp3) is 0.500. The molecular weight excluding hydrogens is 250 g/mol. The second kappa shape index (κ2) is 4.61. The van der Waals surface area contributed by atoms with E-state index in [1.165, 1.54) is 11.3 Å². The molecule has 6 heteroatoms. The number of aromatic nitrogens is 2. The largest absolute Gasteiger partial charge is 0.476 e. The van der Waals surface area contributed by atoms with Gasteiger partial charge in [-0.2, -0.15) is 0 Å². The van der Waals surface area contributed by atoms with Gasteiger partial charge in [0.1, 0.15) is 0 Å². The topological polar surface area (TPSA) is 57.8 Å². The van der Waals surface area contributed by atoms with Gasteiger partial charge < -0.3 is 10.0 Å². The minimum Gasteiger partial charge on any atom is -0.476 e.